The van der Waals surface area contributed by atoms with Crippen LogP contribution in [0.25, 0.3) is 10.9 Å². The third kappa shape index (κ3) is 3.65. The number of aromatic nitrogens is 1. The molecule has 1 amide bonds. The second kappa shape index (κ2) is 7.78. The second-order valence-electron chi connectivity index (χ2n) is 7.21. The molecule has 4 heteroatoms. The summed E-state index contributed by atoms with van der Waals surface area (Å²) >= 11 is 0. The number of likely N-dealkylation sites (tertiary alicyclic amines) is 1. The summed E-state index contributed by atoms with van der Waals surface area (Å²) in [6, 6.07) is 17.7. The van der Waals surface area contributed by atoms with Crippen molar-refractivity contribution in [2.75, 3.05) is 13.1 Å². The highest BCUT2D eigenvalue weighted by Gasteiger charge is 2.22. The lowest BCUT2D eigenvalue weighted by Gasteiger charge is -2.21. The minimum absolute atomic E-state index is 0.130. The number of hydrogen-bond acceptors (Lipinski definition) is 2. The lowest BCUT2D eigenvalue weighted by Crippen LogP contribution is -2.35. The fraction of sp³-hybridized carbons (Fsp3) is 0.304. The summed E-state index contributed by atoms with van der Waals surface area (Å²) in [6.45, 7) is 2.11. The van der Waals surface area contributed by atoms with Crippen molar-refractivity contribution in [2.45, 2.75) is 32.2 Å². The topological polar surface area (TPSA) is 42.3 Å². The quantitative estimate of drug-likeness (QED) is 0.707. The number of hydrogen-bond donors (Lipinski definition) is 0. The number of benzene rings is 2. The summed E-state index contributed by atoms with van der Waals surface area (Å²) in [6.07, 6.45) is 6.08. The van der Waals surface area contributed by atoms with Gasteiger partial charge in [-0.3, -0.25) is 9.59 Å². The van der Waals surface area contributed by atoms with Crippen molar-refractivity contribution in [3.8, 4) is 0 Å². The van der Waals surface area contributed by atoms with Crippen molar-refractivity contribution < 1.29 is 4.79 Å². The average Bonchev–Trinajstić information content (AvgIpc) is 3.00. The summed E-state index contributed by atoms with van der Waals surface area (Å²) in [5.74, 6) is -0.130. The van der Waals surface area contributed by atoms with E-state index in [1.165, 1.54) is 0 Å². The zero-order valence-corrected chi connectivity index (χ0v) is 15.4. The van der Waals surface area contributed by atoms with E-state index in [1.54, 1.807) is 6.20 Å². The number of amides is 1. The maximum absolute atomic E-state index is 13.1. The molecule has 0 unspecified atom stereocenters. The van der Waals surface area contributed by atoms with Crippen LogP contribution >= 0.6 is 0 Å². The van der Waals surface area contributed by atoms with Crippen molar-refractivity contribution in [1.82, 2.24) is 9.47 Å². The summed E-state index contributed by atoms with van der Waals surface area (Å²) < 4.78 is 2.02. The van der Waals surface area contributed by atoms with Crippen LogP contribution in [0.4, 0.5) is 0 Å². The van der Waals surface area contributed by atoms with Crippen LogP contribution in [0.3, 0.4) is 0 Å². The molecule has 4 nitrogen and oxygen atoms in total. The van der Waals surface area contributed by atoms with Crippen LogP contribution in [0.2, 0.25) is 0 Å². The molecular weight excluding hydrogens is 336 g/mol. The minimum atomic E-state index is -0.163. The molecule has 1 aliphatic rings. The highest BCUT2D eigenvalue weighted by Crippen LogP contribution is 2.17. The first-order valence-electron chi connectivity index (χ1n) is 9.69. The van der Waals surface area contributed by atoms with Gasteiger partial charge >= 0.3 is 0 Å². The smallest absolute Gasteiger partial charge is 0.259 e. The summed E-state index contributed by atoms with van der Waals surface area (Å²) in [4.78, 5) is 28.0. The summed E-state index contributed by atoms with van der Waals surface area (Å²) in [5, 5.41) is 0.606. The number of carbonyl (C=O) groups excluding carboxylic acids is 1. The Labute approximate surface area is 159 Å². The van der Waals surface area contributed by atoms with Gasteiger partial charge in [0.05, 0.1) is 5.52 Å². The van der Waals surface area contributed by atoms with Crippen LogP contribution in [0.1, 0.15) is 41.6 Å². The Balaban J connectivity index is 1.79. The lowest BCUT2D eigenvalue weighted by molar-refractivity contribution is 0.0760. The van der Waals surface area contributed by atoms with E-state index in [0.29, 0.717) is 11.9 Å². The van der Waals surface area contributed by atoms with E-state index >= 15 is 0 Å². The molecule has 2 heterocycles. The van der Waals surface area contributed by atoms with E-state index in [-0.39, 0.29) is 16.9 Å². The van der Waals surface area contributed by atoms with E-state index in [1.807, 2.05) is 51.9 Å². The Kier molecular flexibility index (Phi) is 5.05. The van der Waals surface area contributed by atoms with Crippen molar-refractivity contribution in [3.05, 3.63) is 82.1 Å². The van der Waals surface area contributed by atoms with Crippen LogP contribution in [0.15, 0.2) is 65.6 Å². The Hall–Kier alpha value is -2.88. The van der Waals surface area contributed by atoms with Gasteiger partial charge in [-0.05, 0) is 30.5 Å². The van der Waals surface area contributed by atoms with Crippen LogP contribution in [0.5, 0.6) is 0 Å². The van der Waals surface area contributed by atoms with Crippen LogP contribution in [-0.4, -0.2) is 28.5 Å². The van der Waals surface area contributed by atoms with E-state index in [2.05, 4.69) is 12.1 Å². The first-order chi connectivity index (χ1) is 13.2. The molecule has 4 rings (SSSR count). The monoisotopic (exact) mass is 360 g/mol. The molecular formula is C23H24N2O2. The highest BCUT2D eigenvalue weighted by molar-refractivity contribution is 5.97. The van der Waals surface area contributed by atoms with Crippen molar-refractivity contribution >= 4 is 16.8 Å². The molecule has 0 radical (unpaired) electrons. The van der Waals surface area contributed by atoms with Crippen molar-refractivity contribution in [3.63, 3.8) is 0 Å². The molecule has 0 aliphatic carbocycles. The number of pyridine rings is 1. The van der Waals surface area contributed by atoms with Gasteiger partial charge in [-0.2, -0.15) is 0 Å². The predicted molar refractivity (Wildman–Crippen MR) is 108 cm³/mol. The fourth-order valence-corrected chi connectivity index (χ4v) is 3.85. The van der Waals surface area contributed by atoms with Gasteiger partial charge in [-0.1, -0.05) is 55.3 Å². The SMILES string of the molecule is O=C(c1cn(Cc2ccccc2)c2ccccc2c1=O)N1CCCCCC1. The number of carbonyl (C=O) groups is 1. The summed E-state index contributed by atoms with van der Waals surface area (Å²) in [5.41, 5.74) is 2.12. The van der Waals surface area contributed by atoms with Crippen molar-refractivity contribution in [1.29, 1.82) is 0 Å². The second-order valence-corrected chi connectivity index (χ2v) is 7.21. The maximum Gasteiger partial charge on any atom is 0.259 e. The van der Waals surface area contributed by atoms with E-state index in [4.69, 9.17) is 0 Å². The molecule has 138 valence electrons. The third-order valence-electron chi connectivity index (χ3n) is 5.31. The van der Waals surface area contributed by atoms with Crippen molar-refractivity contribution in [2.24, 2.45) is 0 Å². The van der Waals surface area contributed by atoms with Gasteiger partial charge in [0, 0.05) is 31.2 Å². The molecule has 27 heavy (non-hydrogen) atoms. The molecule has 0 spiro atoms. The average molecular weight is 360 g/mol. The van der Waals surface area contributed by atoms with Gasteiger partial charge in [-0.25, -0.2) is 0 Å². The van der Waals surface area contributed by atoms with Gasteiger partial charge in [0.15, 0.2) is 0 Å². The Morgan fingerprint density at radius 2 is 1.52 bits per heavy atom. The zero-order chi connectivity index (χ0) is 18.6. The molecule has 0 saturated carbocycles. The maximum atomic E-state index is 13.1. The van der Waals surface area contributed by atoms with Gasteiger partial charge in [-0.15, -0.1) is 0 Å². The van der Waals surface area contributed by atoms with Gasteiger partial charge < -0.3 is 9.47 Å². The molecule has 3 aromatic rings. The van der Waals surface area contributed by atoms with Crippen LogP contribution in [-0.2, 0) is 6.54 Å². The number of fused-ring (bicyclic) bond motifs is 1. The van der Waals surface area contributed by atoms with Gasteiger partial charge in [0.25, 0.3) is 5.91 Å². The standard InChI is InChI=1S/C23H24N2O2/c26-22-19-12-6-7-13-21(19)25(16-18-10-4-3-5-11-18)17-20(22)23(27)24-14-8-1-2-9-15-24/h3-7,10-13,17H,1-2,8-9,14-16H2. The van der Waals surface area contributed by atoms with Crippen LogP contribution in [0, 0.1) is 0 Å². The number of rotatable bonds is 3. The summed E-state index contributed by atoms with van der Waals surface area (Å²) in [7, 11) is 0. The fourth-order valence-electron chi connectivity index (χ4n) is 3.85. The Morgan fingerprint density at radius 1 is 0.852 bits per heavy atom. The Morgan fingerprint density at radius 3 is 2.26 bits per heavy atom. The lowest BCUT2D eigenvalue weighted by atomic mass is 10.1. The predicted octanol–water partition coefficient (Wildman–Crippen LogP) is 4.07. The number of nitrogens with zero attached hydrogens (tertiary/aromatic N) is 2. The minimum Gasteiger partial charge on any atom is -0.342 e. The molecule has 1 aliphatic heterocycles. The first kappa shape index (κ1) is 17.5. The largest absolute Gasteiger partial charge is 0.342 e. The molecule has 2 aromatic carbocycles. The first-order valence-corrected chi connectivity index (χ1v) is 9.69. The van der Waals surface area contributed by atoms with Gasteiger partial charge in [0.1, 0.15) is 5.56 Å². The zero-order valence-electron chi connectivity index (χ0n) is 15.4. The number of para-hydroxylation sites is 1. The molecule has 1 fully saturated rings. The molecule has 0 N–H and O–H groups in total. The highest BCUT2D eigenvalue weighted by atomic mass is 16.2. The van der Waals surface area contributed by atoms with Gasteiger partial charge in [0.2, 0.25) is 5.43 Å². The van der Waals surface area contributed by atoms with E-state index in [9.17, 15) is 9.59 Å². The molecule has 1 aromatic heterocycles. The Bertz CT molecular complexity index is 1000. The molecule has 1 saturated heterocycles. The normalized spacial score (nSPS) is 14.9. The van der Waals surface area contributed by atoms with Crippen LogP contribution < -0.4 is 5.43 Å². The third-order valence-corrected chi connectivity index (χ3v) is 5.31. The van der Waals surface area contributed by atoms with E-state index in [0.717, 1.165) is 49.9 Å². The molecule has 0 atom stereocenters. The van der Waals surface area contributed by atoms with E-state index < -0.39 is 0 Å². The molecule has 0 bridgehead atoms.